The minimum absolute atomic E-state index is 0.213. The van der Waals surface area contributed by atoms with Crippen LogP contribution in [-0.2, 0) is 10.8 Å². The molecule has 0 N–H and O–H groups in total. The fourth-order valence-electron chi connectivity index (χ4n) is 2.38. The number of benzene rings is 2. The highest BCUT2D eigenvalue weighted by Crippen LogP contribution is 2.24. The summed E-state index contributed by atoms with van der Waals surface area (Å²) >= 11 is 0. The molecule has 0 fully saturated rings. The van der Waals surface area contributed by atoms with Gasteiger partial charge in [-0.25, -0.2) is 0 Å². The Balaban J connectivity index is 2.12. The van der Waals surface area contributed by atoms with Crippen LogP contribution in [0, 0.1) is 0 Å². The summed E-state index contributed by atoms with van der Waals surface area (Å²) in [6.07, 6.45) is 4.36. The Bertz CT molecular complexity index is 567. The van der Waals surface area contributed by atoms with E-state index in [-0.39, 0.29) is 10.8 Å². The van der Waals surface area contributed by atoms with Crippen LogP contribution in [-0.4, -0.2) is 0 Å². The van der Waals surface area contributed by atoms with Crippen LogP contribution < -0.4 is 0 Å². The summed E-state index contributed by atoms with van der Waals surface area (Å²) < 4.78 is 0. The van der Waals surface area contributed by atoms with Gasteiger partial charge in [0.15, 0.2) is 0 Å². The molecule has 0 aliphatic rings. The van der Waals surface area contributed by atoms with E-state index in [9.17, 15) is 0 Å². The Hall–Kier alpha value is -1.82. The van der Waals surface area contributed by atoms with E-state index in [1.54, 1.807) is 0 Å². The molecule has 2 rings (SSSR count). The first-order valence-corrected chi connectivity index (χ1v) is 8.05. The minimum Gasteiger partial charge on any atom is -0.0579 e. The predicted molar refractivity (Wildman–Crippen MR) is 99.2 cm³/mol. The molecule has 0 aliphatic heterocycles. The van der Waals surface area contributed by atoms with Gasteiger partial charge in [0.25, 0.3) is 0 Å². The first kappa shape index (κ1) is 16.5. The molecule has 0 saturated heterocycles. The van der Waals surface area contributed by atoms with Gasteiger partial charge in [-0.05, 0) is 33.1 Å². The van der Waals surface area contributed by atoms with E-state index < -0.39 is 0 Å². The first-order chi connectivity index (χ1) is 10.2. The van der Waals surface area contributed by atoms with Gasteiger partial charge in [-0.15, -0.1) is 0 Å². The normalized spacial score (nSPS) is 12.8. The molecular weight excluding hydrogens is 264 g/mol. The molecule has 0 aromatic heterocycles. The molecule has 22 heavy (non-hydrogen) atoms. The molecule has 2 aromatic carbocycles. The van der Waals surface area contributed by atoms with Crippen molar-refractivity contribution in [1.29, 1.82) is 0 Å². The maximum Gasteiger partial charge on any atom is -0.0132 e. The van der Waals surface area contributed by atoms with Crippen LogP contribution in [0.15, 0.2) is 48.5 Å². The molecule has 0 amide bonds. The van der Waals surface area contributed by atoms with Gasteiger partial charge in [-0.3, -0.25) is 0 Å². The quantitative estimate of drug-likeness (QED) is 0.558. The van der Waals surface area contributed by atoms with Crippen molar-refractivity contribution in [3.8, 4) is 0 Å². The van der Waals surface area contributed by atoms with Gasteiger partial charge >= 0.3 is 0 Å². The molecule has 0 saturated carbocycles. The predicted octanol–water partition coefficient (Wildman–Crippen LogP) is 6.45. The molecule has 116 valence electrons. The maximum absolute atomic E-state index is 2.24. The van der Waals surface area contributed by atoms with Crippen LogP contribution in [0.5, 0.6) is 0 Å². The lowest BCUT2D eigenvalue weighted by molar-refractivity contribution is 0.590. The van der Waals surface area contributed by atoms with Gasteiger partial charge in [-0.1, -0.05) is 102 Å². The first-order valence-electron chi connectivity index (χ1n) is 8.05. The summed E-state index contributed by atoms with van der Waals surface area (Å²) in [5.41, 5.74) is 5.66. The van der Waals surface area contributed by atoms with Crippen molar-refractivity contribution in [2.45, 2.75) is 52.4 Å². The molecule has 0 spiro atoms. The highest BCUT2D eigenvalue weighted by Gasteiger charge is 2.13. The lowest BCUT2D eigenvalue weighted by Crippen LogP contribution is -2.10. The van der Waals surface area contributed by atoms with E-state index >= 15 is 0 Å². The molecule has 2 aromatic rings. The SMILES string of the molecule is CC(C)(C)c1ccc(/C=C\c2ccc(C(C)(C)C)cc2)cc1. The summed E-state index contributed by atoms with van der Waals surface area (Å²) in [7, 11) is 0. The van der Waals surface area contributed by atoms with E-state index in [0.717, 1.165) is 0 Å². The van der Waals surface area contributed by atoms with Crippen LogP contribution in [0.3, 0.4) is 0 Å². The average molecular weight is 292 g/mol. The third-order valence-electron chi connectivity index (χ3n) is 4.02. The lowest BCUT2D eigenvalue weighted by atomic mass is 9.86. The molecule has 0 heterocycles. The standard InChI is InChI=1S/C22H28/c1-21(2,3)19-13-9-17(10-14-19)7-8-18-11-15-20(16-12-18)22(4,5)6/h7-16H,1-6H3/b8-7-. The summed E-state index contributed by atoms with van der Waals surface area (Å²) in [4.78, 5) is 0. The van der Waals surface area contributed by atoms with E-state index in [1.807, 2.05) is 0 Å². The number of hydrogen-bond donors (Lipinski definition) is 0. The topological polar surface area (TPSA) is 0 Å². The molecule has 0 bridgehead atoms. The van der Waals surface area contributed by atoms with Crippen molar-refractivity contribution in [3.05, 3.63) is 70.8 Å². The van der Waals surface area contributed by atoms with E-state index in [2.05, 4.69) is 102 Å². The molecule has 0 nitrogen and oxygen atoms in total. The van der Waals surface area contributed by atoms with E-state index in [0.29, 0.717) is 0 Å². The van der Waals surface area contributed by atoms with Crippen LogP contribution in [0.1, 0.15) is 63.8 Å². The molecular formula is C22H28. The Kier molecular flexibility index (Phi) is 4.60. The second kappa shape index (κ2) is 6.12. The lowest BCUT2D eigenvalue weighted by Gasteiger charge is -2.19. The van der Waals surface area contributed by atoms with Gasteiger partial charge in [0.1, 0.15) is 0 Å². The van der Waals surface area contributed by atoms with Gasteiger partial charge in [0.05, 0.1) is 0 Å². The van der Waals surface area contributed by atoms with Crippen molar-refractivity contribution in [3.63, 3.8) is 0 Å². The molecule has 0 heteroatoms. The van der Waals surface area contributed by atoms with Gasteiger partial charge in [-0.2, -0.15) is 0 Å². The second-order valence-corrected chi connectivity index (χ2v) is 8.08. The number of hydrogen-bond acceptors (Lipinski definition) is 0. The summed E-state index contributed by atoms with van der Waals surface area (Å²) in [6, 6.07) is 17.7. The van der Waals surface area contributed by atoms with Gasteiger partial charge in [0, 0.05) is 0 Å². The van der Waals surface area contributed by atoms with Crippen molar-refractivity contribution in [2.24, 2.45) is 0 Å². The van der Waals surface area contributed by atoms with Crippen molar-refractivity contribution < 1.29 is 0 Å². The van der Waals surface area contributed by atoms with Gasteiger partial charge in [0.2, 0.25) is 0 Å². The number of rotatable bonds is 2. The van der Waals surface area contributed by atoms with Crippen LogP contribution in [0.4, 0.5) is 0 Å². The van der Waals surface area contributed by atoms with Crippen molar-refractivity contribution in [1.82, 2.24) is 0 Å². The molecule has 0 atom stereocenters. The smallest absolute Gasteiger partial charge is 0.0132 e. The zero-order valence-electron chi connectivity index (χ0n) is 14.8. The average Bonchev–Trinajstić information content (AvgIpc) is 2.44. The highest BCUT2D eigenvalue weighted by atomic mass is 14.2. The second-order valence-electron chi connectivity index (χ2n) is 8.08. The fourth-order valence-corrected chi connectivity index (χ4v) is 2.38. The minimum atomic E-state index is 0.213. The molecule has 0 unspecified atom stereocenters. The van der Waals surface area contributed by atoms with E-state index in [1.165, 1.54) is 22.3 Å². The van der Waals surface area contributed by atoms with Crippen LogP contribution >= 0.6 is 0 Å². The summed E-state index contributed by atoms with van der Waals surface area (Å²) in [6.45, 7) is 13.5. The third-order valence-corrected chi connectivity index (χ3v) is 4.02. The van der Waals surface area contributed by atoms with Crippen LogP contribution in [0.2, 0.25) is 0 Å². The molecule has 0 radical (unpaired) electrons. The van der Waals surface area contributed by atoms with Crippen LogP contribution in [0.25, 0.3) is 12.2 Å². The zero-order valence-corrected chi connectivity index (χ0v) is 14.8. The Morgan fingerprint density at radius 1 is 0.500 bits per heavy atom. The molecule has 0 aliphatic carbocycles. The highest BCUT2D eigenvalue weighted by molar-refractivity contribution is 5.69. The zero-order chi connectivity index (χ0) is 16.4. The van der Waals surface area contributed by atoms with E-state index in [4.69, 9.17) is 0 Å². The summed E-state index contributed by atoms with van der Waals surface area (Å²) in [5, 5.41) is 0. The van der Waals surface area contributed by atoms with Crippen molar-refractivity contribution in [2.75, 3.05) is 0 Å². The Morgan fingerprint density at radius 2 is 0.773 bits per heavy atom. The monoisotopic (exact) mass is 292 g/mol. The Morgan fingerprint density at radius 3 is 1.00 bits per heavy atom. The fraction of sp³-hybridized carbons (Fsp3) is 0.364. The summed E-state index contributed by atoms with van der Waals surface area (Å²) in [5.74, 6) is 0. The van der Waals surface area contributed by atoms with Crippen molar-refractivity contribution >= 4 is 12.2 Å². The largest absolute Gasteiger partial charge is 0.0579 e. The Labute approximate surface area is 135 Å². The maximum atomic E-state index is 2.24. The van der Waals surface area contributed by atoms with Gasteiger partial charge < -0.3 is 0 Å². The third kappa shape index (κ3) is 4.34.